The van der Waals surface area contributed by atoms with E-state index in [0.29, 0.717) is 40.5 Å². The van der Waals surface area contributed by atoms with E-state index in [4.69, 9.17) is 11.6 Å². The first-order valence-corrected chi connectivity index (χ1v) is 12.4. The minimum Gasteiger partial charge on any atom is -0.280 e. The number of hydrogen-bond acceptors (Lipinski definition) is 4. The maximum Gasteiger partial charge on any atom is 0.262 e. The van der Waals surface area contributed by atoms with Crippen LogP contribution in [0.1, 0.15) is 29.5 Å². The number of anilines is 2. The molecule has 0 unspecified atom stereocenters. The van der Waals surface area contributed by atoms with Gasteiger partial charge in [-0.05, 0) is 74.6 Å². The van der Waals surface area contributed by atoms with Crippen molar-refractivity contribution >= 4 is 43.0 Å². The Labute approximate surface area is 171 Å². The highest BCUT2D eigenvalue weighted by atomic mass is 35.5. The summed E-state index contributed by atoms with van der Waals surface area (Å²) < 4.78 is 54.6. The number of hydrogen-bond donors (Lipinski definition) is 1. The van der Waals surface area contributed by atoms with Crippen molar-refractivity contribution < 1.29 is 16.8 Å². The highest BCUT2D eigenvalue weighted by Gasteiger charge is 2.28. The zero-order valence-corrected chi connectivity index (χ0v) is 18.4. The van der Waals surface area contributed by atoms with Crippen molar-refractivity contribution in [3.63, 3.8) is 0 Å². The van der Waals surface area contributed by atoms with E-state index >= 15 is 0 Å². The van der Waals surface area contributed by atoms with Gasteiger partial charge in [-0.3, -0.25) is 9.03 Å². The molecule has 6 nitrogen and oxygen atoms in total. The summed E-state index contributed by atoms with van der Waals surface area (Å²) in [6, 6.07) is 8.19. The van der Waals surface area contributed by atoms with Crippen LogP contribution in [0, 0.1) is 20.8 Å². The molecule has 0 atom stereocenters. The first-order valence-electron chi connectivity index (χ1n) is 8.92. The van der Waals surface area contributed by atoms with Crippen LogP contribution in [-0.2, 0) is 20.0 Å². The molecule has 28 heavy (non-hydrogen) atoms. The molecule has 3 rings (SSSR count). The van der Waals surface area contributed by atoms with Crippen molar-refractivity contribution in [3.8, 4) is 0 Å². The molecule has 9 heteroatoms. The van der Waals surface area contributed by atoms with Crippen molar-refractivity contribution in [2.75, 3.05) is 21.3 Å². The Bertz CT molecular complexity index is 1110. The molecule has 2 aromatic rings. The first kappa shape index (κ1) is 21.0. The lowest BCUT2D eigenvalue weighted by molar-refractivity contribution is 0.574. The second kappa shape index (κ2) is 7.57. The van der Waals surface area contributed by atoms with Crippen LogP contribution in [0.4, 0.5) is 11.4 Å². The second-order valence-electron chi connectivity index (χ2n) is 7.07. The standard InChI is InChI=1S/C19H23ClN2O4S2/c1-13-6-7-16(12-18(13)20)21-28(25,26)19-14(2)10-17(11-15(19)3)22-8-4-5-9-27(22,23)24/h6-7,10-12,21H,4-5,8-9H2,1-3H3. The lowest BCUT2D eigenvalue weighted by Crippen LogP contribution is -2.38. The Morgan fingerprint density at radius 2 is 1.64 bits per heavy atom. The highest BCUT2D eigenvalue weighted by molar-refractivity contribution is 7.93. The van der Waals surface area contributed by atoms with Crippen molar-refractivity contribution in [2.45, 2.75) is 38.5 Å². The monoisotopic (exact) mass is 442 g/mol. The van der Waals surface area contributed by atoms with Gasteiger partial charge in [0, 0.05) is 11.6 Å². The van der Waals surface area contributed by atoms with Gasteiger partial charge in [-0.2, -0.15) is 0 Å². The third-order valence-corrected chi connectivity index (χ3v) is 8.74. The predicted octanol–water partition coefficient (Wildman–Crippen LogP) is 4.00. The Morgan fingerprint density at radius 3 is 2.21 bits per heavy atom. The lowest BCUT2D eigenvalue weighted by Gasteiger charge is -2.29. The number of halogens is 1. The summed E-state index contributed by atoms with van der Waals surface area (Å²) in [5.41, 5.74) is 2.70. The Morgan fingerprint density at radius 1 is 1.00 bits per heavy atom. The molecular formula is C19H23ClN2O4S2. The molecule has 0 spiro atoms. The van der Waals surface area contributed by atoms with E-state index in [9.17, 15) is 16.8 Å². The van der Waals surface area contributed by atoms with Crippen LogP contribution in [0.15, 0.2) is 35.2 Å². The number of nitrogens with one attached hydrogen (secondary N) is 1. The van der Waals surface area contributed by atoms with Crippen LogP contribution < -0.4 is 9.03 Å². The number of benzene rings is 2. The first-order chi connectivity index (χ1) is 13.0. The van der Waals surface area contributed by atoms with E-state index in [2.05, 4.69) is 4.72 Å². The molecule has 0 aliphatic carbocycles. The molecule has 0 radical (unpaired) electrons. The van der Waals surface area contributed by atoms with Crippen LogP contribution >= 0.6 is 11.6 Å². The highest BCUT2D eigenvalue weighted by Crippen LogP contribution is 2.31. The normalized spacial score (nSPS) is 16.8. The number of sulfonamides is 2. The van der Waals surface area contributed by atoms with Crippen LogP contribution in [0.2, 0.25) is 5.02 Å². The number of aryl methyl sites for hydroxylation is 3. The molecule has 0 saturated carbocycles. The van der Waals surface area contributed by atoms with E-state index in [1.165, 1.54) is 4.31 Å². The Hall–Kier alpha value is -1.77. The fraction of sp³-hybridized carbons (Fsp3) is 0.368. The quantitative estimate of drug-likeness (QED) is 0.775. The van der Waals surface area contributed by atoms with Gasteiger partial charge in [-0.15, -0.1) is 0 Å². The van der Waals surface area contributed by atoms with E-state index in [-0.39, 0.29) is 10.6 Å². The molecule has 1 fully saturated rings. The van der Waals surface area contributed by atoms with E-state index in [0.717, 1.165) is 12.0 Å². The third kappa shape index (κ3) is 4.14. The van der Waals surface area contributed by atoms with Crippen LogP contribution in [0.5, 0.6) is 0 Å². The average molecular weight is 443 g/mol. The van der Waals surface area contributed by atoms with E-state index < -0.39 is 20.0 Å². The van der Waals surface area contributed by atoms with E-state index in [1.54, 1.807) is 44.2 Å². The summed E-state index contributed by atoms with van der Waals surface area (Å²) in [5.74, 6) is 0.112. The van der Waals surface area contributed by atoms with Gasteiger partial charge in [0.1, 0.15) is 0 Å². The van der Waals surface area contributed by atoms with Crippen molar-refractivity contribution in [1.29, 1.82) is 0 Å². The van der Waals surface area contributed by atoms with Crippen molar-refractivity contribution in [1.82, 2.24) is 0 Å². The third-order valence-electron chi connectivity index (χ3n) is 4.78. The molecule has 0 bridgehead atoms. The van der Waals surface area contributed by atoms with Gasteiger partial charge in [0.15, 0.2) is 0 Å². The minimum absolute atomic E-state index is 0.112. The summed E-state index contributed by atoms with van der Waals surface area (Å²) >= 11 is 6.09. The molecule has 1 N–H and O–H groups in total. The summed E-state index contributed by atoms with van der Waals surface area (Å²) in [6.45, 7) is 5.59. The second-order valence-corrected chi connectivity index (χ2v) is 11.1. The molecular weight excluding hydrogens is 420 g/mol. The van der Waals surface area contributed by atoms with Gasteiger partial charge in [-0.25, -0.2) is 16.8 Å². The molecule has 1 saturated heterocycles. The summed E-state index contributed by atoms with van der Waals surface area (Å²) in [4.78, 5) is 0.141. The zero-order chi connectivity index (χ0) is 20.7. The Balaban J connectivity index is 1.99. The molecule has 0 aromatic heterocycles. The van der Waals surface area contributed by atoms with Gasteiger partial charge >= 0.3 is 0 Å². The average Bonchev–Trinajstić information content (AvgIpc) is 2.56. The van der Waals surface area contributed by atoms with Gasteiger partial charge in [-0.1, -0.05) is 17.7 Å². The van der Waals surface area contributed by atoms with Crippen LogP contribution in [0.25, 0.3) is 0 Å². The summed E-state index contributed by atoms with van der Waals surface area (Å²) in [6.07, 6.45) is 1.43. The molecule has 1 aliphatic rings. The zero-order valence-electron chi connectivity index (χ0n) is 16.0. The SMILES string of the molecule is Cc1ccc(NS(=O)(=O)c2c(C)cc(N3CCCCS3(=O)=O)cc2C)cc1Cl. The summed E-state index contributed by atoms with van der Waals surface area (Å²) in [7, 11) is -7.22. The Kier molecular flexibility index (Phi) is 5.67. The van der Waals surface area contributed by atoms with Crippen molar-refractivity contribution in [2.24, 2.45) is 0 Å². The molecule has 2 aromatic carbocycles. The fourth-order valence-electron chi connectivity index (χ4n) is 3.44. The summed E-state index contributed by atoms with van der Waals surface area (Å²) in [5, 5.41) is 0.472. The molecule has 152 valence electrons. The van der Waals surface area contributed by atoms with E-state index in [1.807, 2.05) is 6.92 Å². The number of rotatable bonds is 4. The fourth-order valence-corrected chi connectivity index (χ4v) is 6.75. The molecule has 1 heterocycles. The van der Waals surface area contributed by atoms with Crippen molar-refractivity contribution in [3.05, 3.63) is 52.0 Å². The minimum atomic E-state index is -3.86. The van der Waals surface area contributed by atoms with Gasteiger partial charge in [0.25, 0.3) is 10.0 Å². The van der Waals surface area contributed by atoms with Gasteiger partial charge in [0.05, 0.1) is 22.0 Å². The largest absolute Gasteiger partial charge is 0.280 e. The van der Waals surface area contributed by atoms with Gasteiger partial charge in [0.2, 0.25) is 10.0 Å². The molecule has 1 aliphatic heterocycles. The van der Waals surface area contributed by atoms with Gasteiger partial charge < -0.3 is 0 Å². The number of nitrogens with zero attached hydrogens (tertiary/aromatic N) is 1. The predicted molar refractivity (Wildman–Crippen MR) is 113 cm³/mol. The lowest BCUT2D eigenvalue weighted by atomic mass is 10.1. The maximum absolute atomic E-state index is 13.0. The molecule has 0 amide bonds. The topological polar surface area (TPSA) is 83.6 Å². The van der Waals surface area contributed by atoms with Crippen LogP contribution in [-0.4, -0.2) is 29.1 Å². The van der Waals surface area contributed by atoms with Crippen LogP contribution in [0.3, 0.4) is 0 Å². The smallest absolute Gasteiger partial charge is 0.262 e. The maximum atomic E-state index is 13.0.